The second-order valence-electron chi connectivity index (χ2n) is 7.03. The summed E-state index contributed by atoms with van der Waals surface area (Å²) in [7, 11) is 0. The number of halogens is 1. The van der Waals surface area contributed by atoms with Crippen molar-refractivity contribution in [3.05, 3.63) is 107 Å². The van der Waals surface area contributed by atoms with E-state index in [0.29, 0.717) is 19.6 Å². The number of nitrogens with one attached hydrogen (secondary N) is 1. The van der Waals surface area contributed by atoms with Gasteiger partial charge in [0.15, 0.2) is 0 Å². The number of nitrogens with zero attached hydrogens (tertiary/aromatic N) is 1. The summed E-state index contributed by atoms with van der Waals surface area (Å²) in [5, 5.41) is 13.6. The number of carboxylic acid groups (broad SMARTS) is 1. The topological polar surface area (TPSA) is 54.3 Å². The Kier molecular flexibility index (Phi) is 5.40. The maximum absolute atomic E-state index is 13.2. The van der Waals surface area contributed by atoms with Gasteiger partial charge in [-0.25, -0.2) is 9.18 Å². The molecule has 0 aliphatic heterocycles. The Bertz CT molecular complexity index is 1130. The third-order valence-corrected chi connectivity index (χ3v) is 4.98. The highest BCUT2D eigenvalue weighted by atomic mass is 19.1. The van der Waals surface area contributed by atoms with Gasteiger partial charge in [0, 0.05) is 36.7 Å². The Morgan fingerprint density at radius 2 is 1.59 bits per heavy atom. The van der Waals surface area contributed by atoms with E-state index in [1.54, 1.807) is 12.1 Å². The van der Waals surface area contributed by atoms with Crippen LogP contribution in [0.3, 0.4) is 0 Å². The van der Waals surface area contributed by atoms with Crippen LogP contribution in [-0.2, 0) is 19.6 Å². The van der Waals surface area contributed by atoms with Crippen molar-refractivity contribution in [2.24, 2.45) is 0 Å². The summed E-state index contributed by atoms with van der Waals surface area (Å²) in [6, 6.07) is 21.7. The fourth-order valence-electron chi connectivity index (χ4n) is 3.49. The molecule has 0 radical (unpaired) electrons. The normalized spacial score (nSPS) is 11.1. The van der Waals surface area contributed by atoms with E-state index in [1.807, 2.05) is 36.4 Å². The molecule has 0 aliphatic carbocycles. The van der Waals surface area contributed by atoms with Crippen molar-refractivity contribution in [3.63, 3.8) is 0 Å². The van der Waals surface area contributed by atoms with Crippen LogP contribution in [0.5, 0.6) is 0 Å². The lowest BCUT2D eigenvalue weighted by atomic mass is 10.1. The zero-order chi connectivity index (χ0) is 20.2. The highest BCUT2D eigenvalue weighted by molar-refractivity contribution is 5.87. The van der Waals surface area contributed by atoms with Crippen molar-refractivity contribution < 1.29 is 14.3 Å². The quantitative estimate of drug-likeness (QED) is 0.477. The molecule has 0 fully saturated rings. The molecule has 4 rings (SSSR count). The predicted molar refractivity (Wildman–Crippen MR) is 111 cm³/mol. The summed E-state index contributed by atoms with van der Waals surface area (Å²) in [5.74, 6) is -1.15. The molecule has 2 N–H and O–H groups in total. The molecule has 0 amide bonds. The fraction of sp³-hybridized carbons (Fsp3) is 0.125. The number of para-hydroxylation sites is 1. The van der Waals surface area contributed by atoms with Crippen LogP contribution in [0.2, 0.25) is 0 Å². The van der Waals surface area contributed by atoms with Crippen LogP contribution >= 0.6 is 0 Å². The van der Waals surface area contributed by atoms with E-state index < -0.39 is 5.97 Å². The molecule has 29 heavy (non-hydrogen) atoms. The number of rotatable bonds is 7. The zero-order valence-electron chi connectivity index (χ0n) is 15.8. The first kappa shape index (κ1) is 18.9. The van der Waals surface area contributed by atoms with Crippen molar-refractivity contribution in [2.75, 3.05) is 0 Å². The summed E-state index contributed by atoms with van der Waals surface area (Å²) < 4.78 is 15.4. The van der Waals surface area contributed by atoms with Gasteiger partial charge in [-0.05, 0) is 47.0 Å². The molecule has 0 unspecified atom stereocenters. The maximum atomic E-state index is 13.2. The van der Waals surface area contributed by atoms with Crippen LogP contribution in [0.1, 0.15) is 27.0 Å². The number of fused-ring (bicyclic) bond motifs is 1. The number of aromatic nitrogens is 1. The van der Waals surface area contributed by atoms with E-state index in [-0.39, 0.29) is 11.4 Å². The van der Waals surface area contributed by atoms with Crippen LogP contribution in [-0.4, -0.2) is 15.6 Å². The van der Waals surface area contributed by atoms with Crippen LogP contribution in [0.15, 0.2) is 79.0 Å². The summed E-state index contributed by atoms with van der Waals surface area (Å²) in [5.41, 5.74) is 4.69. The van der Waals surface area contributed by atoms with Gasteiger partial charge in [0.25, 0.3) is 0 Å². The number of hydrogen-bond donors (Lipinski definition) is 2. The number of benzene rings is 3. The molecule has 5 heteroatoms. The van der Waals surface area contributed by atoms with Gasteiger partial charge in [-0.1, -0.05) is 42.5 Å². The number of aromatic carboxylic acids is 1. The van der Waals surface area contributed by atoms with E-state index in [2.05, 4.69) is 28.2 Å². The lowest BCUT2D eigenvalue weighted by Crippen LogP contribution is -2.12. The van der Waals surface area contributed by atoms with Crippen LogP contribution < -0.4 is 5.32 Å². The Morgan fingerprint density at radius 3 is 2.31 bits per heavy atom. The van der Waals surface area contributed by atoms with Gasteiger partial charge in [-0.15, -0.1) is 0 Å². The molecular formula is C24H21FN2O2. The van der Waals surface area contributed by atoms with E-state index in [0.717, 1.165) is 16.6 Å². The first-order chi connectivity index (χ1) is 14.1. The van der Waals surface area contributed by atoms with Crippen LogP contribution in [0.4, 0.5) is 4.39 Å². The molecule has 0 aliphatic rings. The minimum absolute atomic E-state index is 0.229. The second-order valence-corrected chi connectivity index (χ2v) is 7.03. The van der Waals surface area contributed by atoms with Crippen LogP contribution in [0, 0.1) is 5.82 Å². The number of carbonyl (C=O) groups is 1. The van der Waals surface area contributed by atoms with Crippen molar-refractivity contribution in [2.45, 2.75) is 19.6 Å². The van der Waals surface area contributed by atoms with Crippen LogP contribution in [0.25, 0.3) is 10.9 Å². The van der Waals surface area contributed by atoms with E-state index in [9.17, 15) is 9.18 Å². The minimum Gasteiger partial charge on any atom is -0.478 e. The highest BCUT2D eigenvalue weighted by Crippen LogP contribution is 2.22. The van der Waals surface area contributed by atoms with Gasteiger partial charge in [0.2, 0.25) is 0 Å². The van der Waals surface area contributed by atoms with E-state index in [4.69, 9.17) is 5.11 Å². The molecular weight excluding hydrogens is 367 g/mol. The molecule has 4 nitrogen and oxygen atoms in total. The Balaban J connectivity index is 1.48. The third kappa shape index (κ3) is 4.36. The maximum Gasteiger partial charge on any atom is 0.335 e. The summed E-state index contributed by atoms with van der Waals surface area (Å²) in [6.07, 6.45) is 2.13. The van der Waals surface area contributed by atoms with Crippen molar-refractivity contribution >= 4 is 16.9 Å². The molecule has 4 aromatic rings. The van der Waals surface area contributed by atoms with Crippen molar-refractivity contribution in [3.8, 4) is 0 Å². The minimum atomic E-state index is -0.918. The average molecular weight is 388 g/mol. The summed E-state index contributed by atoms with van der Waals surface area (Å²) >= 11 is 0. The largest absolute Gasteiger partial charge is 0.478 e. The SMILES string of the molecule is O=C(O)c1ccc(CNCc2cn(Cc3ccc(F)cc3)c3ccccc23)cc1. The lowest BCUT2D eigenvalue weighted by molar-refractivity contribution is 0.0697. The molecule has 1 aromatic heterocycles. The predicted octanol–water partition coefficient (Wildman–Crippen LogP) is 4.82. The smallest absolute Gasteiger partial charge is 0.335 e. The van der Waals surface area contributed by atoms with Gasteiger partial charge < -0.3 is 15.0 Å². The highest BCUT2D eigenvalue weighted by Gasteiger charge is 2.09. The summed E-state index contributed by atoms with van der Waals surface area (Å²) in [6.45, 7) is 2.02. The fourth-order valence-corrected chi connectivity index (χ4v) is 3.49. The van der Waals surface area contributed by atoms with Gasteiger partial charge in [0.05, 0.1) is 5.56 Å². The number of hydrogen-bond acceptors (Lipinski definition) is 2. The lowest BCUT2D eigenvalue weighted by Gasteiger charge is -2.05. The van der Waals surface area contributed by atoms with Gasteiger partial charge >= 0.3 is 5.97 Å². The zero-order valence-corrected chi connectivity index (χ0v) is 15.8. The molecule has 0 saturated heterocycles. The molecule has 0 saturated carbocycles. The molecule has 3 aromatic carbocycles. The Labute approximate surface area is 168 Å². The summed E-state index contributed by atoms with van der Waals surface area (Å²) in [4.78, 5) is 10.9. The third-order valence-electron chi connectivity index (χ3n) is 4.98. The van der Waals surface area contributed by atoms with Crippen molar-refractivity contribution in [1.82, 2.24) is 9.88 Å². The van der Waals surface area contributed by atoms with E-state index >= 15 is 0 Å². The molecule has 0 spiro atoms. The Hall–Kier alpha value is -3.44. The molecule has 0 atom stereocenters. The van der Waals surface area contributed by atoms with E-state index in [1.165, 1.54) is 23.1 Å². The average Bonchev–Trinajstić information content (AvgIpc) is 3.08. The molecule has 146 valence electrons. The molecule has 1 heterocycles. The van der Waals surface area contributed by atoms with Gasteiger partial charge in [-0.2, -0.15) is 0 Å². The first-order valence-corrected chi connectivity index (χ1v) is 9.44. The first-order valence-electron chi connectivity index (χ1n) is 9.44. The second kappa shape index (κ2) is 8.29. The van der Waals surface area contributed by atoms with Gasteiger partial charge in [0.1, 0.15) is 5.82 Å². The Morgan fingerprint density at radius 1 is 0.897 bits per heavy atom. The van der Waals surface area contributed by atoms with Crippen molar-refractivity contribution in [1.29, 1.82) is 0 Å². The standard InChI is InChI=1S/C24H21FN2O2/c25-21-11-7-18(8-12-21)15-27-16-20(22-3-1-2-4-23(22)27)14-26-13-17-5-9-19(10-6-17)24(28)29/h1-12,16,26H,13-15H2,(H,28,29). The number of carboxylic acids is 1. The van der Waals surface area contributed by atoms with Gasteiger partial charge in [-0.3, -0.25) is 0 Å². The molecule has 0 bridgehead atoms. The monoisotopic (exact) mass is 388 g/mol.